The highest BCUT2D eigenvalue weighted by atomic mass is 16.2. The second kappa shape index (κ2) is 7.67. The smallest absolute Gasteiger partial charge is 0.319 e. The number of rotatable bonds is 4. The molecule has 31 heavy (non-hydrogen) atoms. The van der Waals surface area contributed by atoms with Crippen molar-refractivity contribution in [3.8, 4) is 0 Å². The Morgan fingerprint density at radius 2 is 1.74 bits per heavy atom. The van der Waals surface area contributed by atoms with E-state index in [4.69, 9.17) is 0 Å². The SMILES string of the molecule is C[C@]1(c2cccc3ccccc23)NC(=O)N(C[NH+]2CCN(c3cccc[nH+]3)CC2)C1=O. The molecule has 3 heterocycles. The highest BCUT2D eigenvalue weighted by Gasteiger charge is 2.51. The predicted molar refractivity (Wildman–Crippen MR) is 117 cm³/mol. The fourth-order valence-electron chi connectivity index (χ4n) is 4.71. The third-order valence-corrected chi connectivity index (χ3v) is 6.49. The van der Waals surface area contributed by atoms with Crippen molar-refractivity contribution in [2.45, 2.75) is 12.5 Å². The minimum atomic E-state index is -1.06. The summed E-state index contributed by atoms with van der Waals surface area (Å²) in [5.74, 6) is 0.917. The molecule has 0 aliphatic carbocycles. The van der Waals surface area contributed by atoms with Crippen molar-refractivity contribution in [1.29, 1.82) is 0 Å². The van der Waals surface area contributed by atoms with E-state index in [9.17, 15) is 9.59 Å². The summed E-state index contributed by atoms with van der Waals surface area (Å²) in [4.78, 5) is 34.5. The number of hydrogen-bond acceptors (Lipinski definition) is 3. The van der Waals surface area contributed by atoms with Gasteiger partial charge in [0.2, 0.25) is 0 Å². The van der Waals surface area contributed by atoms with Gasteiger partial charge in [0.15, 0.2) is 6.67 Å². The van der Waals surface area contributed by atoms with Crippen LogP contribution in [0.15, 0.2) is 66.9 Å². The van der Waals surface area contributed by atoms with Crippen LogP contribution in [0.3, 0.4) is 0 Å². The third-order valence-electron chi connectivity index (χ3n) is 6.49. The van der Waals surface area contributed by atoms with E-state index in [1.165, 1.54) is 9.80 Å². The average Bonchev–Trinajstić information content (AvgIpc) is 3.03. The van der Waals surface area contributed by atoms with E-state index >= 15 is 0 Å². The first-order valence-corrected chi connectivity index (χ1v) is 10.7. The number of H-pyrrole nitrogens is 1. The number of benzene rings is 2. The molecule has 2 fully saturated rings. The van der Waals surface area contributed by atoms with Gasteiger partial charge in [-0.05, 0) is 29.3 Å². The minimum Gasteiger partial charge on any atom is -0.319 e. The molecule has 3 aromatic rings. The van der Waals surface area contributed by atoms with E-state index < -0.39 is 5.54 Å². The van der Waals surface area contributed by atoms with Gasteiger partial charge in [0.05, 0.1) is 6.20 Å². The Morgan fingerprint density at radius 1 is 1.00 bits per heavy atom. The van der Waals surface area contributed by atoms with Gasteiger partial charge >= 0.3 is 6.03 Å². The first-order chi connectivity index (χ1) is 15.1. The lowest BCUT2D eigenvalue weighted by Crippen LogP contribution is -3.16. The summed E-state index contributed by atoms with van der Waals surface area (Å²) in [6.45, 7) is 5.68. The van der Waals surface area contributed by atoms with Crippen molar-refractivity contribution in [3.63, 3.8) is 0 Å². The molecule has 0 saturated carbocycles. The lowest BCUT2D eigenvalue weighted by Gasteiger charge is -2.30. The Labute approximate surface area is 181 Å². The molecule has 2 aliphatic rings. The fourth-order valence-corrected chi connectivity index (χ4v) is 4.71. The van der Waals surface area contributed by atoms with E-state index in [0.29, 0.717) is 6.67 Å². The summed E-state index contributed by atoms with van der Waals surface area (Å²) in [6.07, 6.45) is 1.93. The van der Waals surface area contributed by atoms with Gasteiger partial charge < -0.3 is 10.2 Å². The molecule has 0 radical (unpaired) electrons. The molecular weight excluding hydrogens is 390 g/mol. The number of aromatic amines is 1. The van der Waals surface area contributed by atoms with Crippen LogP contribution in [-0.2, 0) is 10.3 Å². The number of nitrogens with zero attached hydrogens (tertiary/aromatic N) is 2. The number of carbonyl (C=O) groups excluding carboxylic acids is 2. The molecule has 7 heteroatoms. The van der Waals surface area contributed by atoms with Crippen LogP contribution in [0.5, 0.6) is 0 Å². The minimum absolute atomic E-state index is 0.180. The van der Waals surface area contributed by atoms with Crippen molar-refractivity contribution < 1.29 is 19.5 Å². The molecule has 0 spiro atoms. The van der Waals surface area contributed by atoms with Gasteiger partial charge in [-0.15, -0.1) is 0 Å². The van der Waals surface area contributed by atoms with Crippen LogP contribution in [0, 0.1) is 0 Å². The third kappa shape index (κ3) is 3.41. The number of aromatic nitrogens is 1. The zero-order chi connectivity index (χ0) is 21.4. The standard InChI is InChI=1S/C24H25N5O2/c1-24(20-10-6-8-18-7-2-3-9-19(18)20)22(30)29(23(31)26-24)17-27-13-15-28(16-14-27)21-11-4-5-12-25-21/h2-12H,13-17H2,1H3,(H,26,31)/p+2/t24-/m1/s1. The maximum Gasteiger partial charge on any atom is 0.329 e. The monoisotopic (exact) mass is 417 g/mol. The first kappa shape index (κ1) is 19.5. The molecule has 0 bridgehead atoms. The van der Waals surface area contributed by atoms with Crippen LogP contribution in [0.25, 0.3) is 10.8 Å². The molecule has 0 unspecified atom stereocenters. The van der Waals surface area contributed by atoms with Gasteiger partial charge in [-0.25, -0.2) is 14.7 Å². The second-order valence-electron chi connectivity index (χ2n) is 8.46. The van der Waals surface area contributed by atoms with E-state index in [1.807, 2.05) is 67.7 Å². The number of quaternary nitrogens is 1. The Balaban J connectivity index is 1.32. The number of amides is 3. The molecule has 7 nitrogen and oxygen atoms in total. The van der Waals surface area contributed by atoms with Gasteiger partial charge in [0.1, 0.15) is 31.7 Å². The summed E-state index contributed by atoms with van der Waals surface area (Å²) in [7, 11) is 0. The zero-order valence-electron chi connectivity index (χ0n) is 17.6. The normalized spacial score (nSPS) is 22.2. The maximum absolute atomic E-state index is 13.5. The van der Waals surface area contributed by atoms with E-state index in [1.54, 1.807) is 0 Å². The van der Waals surface area contributed by atoms with E-state index in [-0.39, 0.29) is 11.9 Å². The van der Waals surface area contributed by atoms with Crippen LogP contribution < -0.4 is 20.1 Å². The molecule has 3 amide bonds. The van der Waals surface area contributed by atoms with Crippen molar-refractivity contribution in [2.75, 3.05) is 37.7 Å². The van der Waals surface area contributed by atoms with Crippen molar-refractivity contribution in [2.24, 2.45) is 0 Å². The number of hydrogen-bond donors (Lipinski definition) is 2. The summed E-state index contributed by atoms with van der Waals surface area (Å²) in [5.41, 5.74) is -0.219. The number of carbonyl (C=O) groups is 2. The summed E-state index contributed by atoms with van der Waals surface area (Å²) >= 11 is 0. The molecule has 2 saturated heterocycles. The van der Waals surface area contributed by atoms with Crippen LogP contribution in [-0.4, -0.2) is 49.7 Å². The lowest BCUT2D eigenvalue weighted by atomic mass is 9.88. The van der Waals surface area contributed by atoms with Gasteiger partial charge in [-0.1, -0.05) is 48.5 Å². The van der Waals surface area contributed by atoms with Gasteiger partial charge in [-0.2, -0.15) is 0 Å². The summed E-state index contributed by atoms with van der Waals surface area (Å²) < 4.78 is 0. The number of nitrogens with one attached hydrogen (secondary N) is 3. The lowest BCUT2D eigenvalue weighted by molar-refractivity contribution is -0.908. The number of anilines is 1. The maximum atomic E-state index is 13.5. The Hall–Kier alpha value is -3.45. The second-order valence-corrected chi connectivity index (χ2v) is 8.46. The number of fused-ring (bicyclic) bond motifs is 1. The molecule has 2 aliphatic heterocycles. The highest BCUT2D eigenvalue weighted by Crippen LogP contribution is 2.33. The number of urea groups is 1. The molecule has 5 rings (SSSR count). The van der Waals surface area contributed by atoms with Gasteiger partial charge in [0, 0.05) is 6.07 Å². The molecule has 158 valence electrons. The Kier molecular flexibility index (Phi) is 4.82. The number of imide groups is 1. The van der Waals surface area contributed by atoms with Crippen molar-refractivity contribution in [1.82, 2.24) is 10.2 Å². The Bertz CT molecular complexity index is 1120. The zero-order valence-corrected chi connectivity index (χ0v) is 17.6. The average molecular weight is 418 g/mol. The van der Waals surface area contributed by atoms with Gasteiger partial charge in [0.25, 0.3) is 11.7 Å². The van der Waals surface area contributed by atoms with Crippen molar-refractivity contribution >= 4 is 28.5 Å². The molecule has 1 atom stereocenters. The Morgan fingerprint density at radius 3 is 2.52 bits per heavy atom. The van der Waals surface area contributed by atoms with Crippen LogP contribution in [0.4, 0.5) is 10.6 Å². The molecule has 3 N–H and O–H groups in total. The van der Waals surface area contributed by atoms with E-state index in [0.717, 1.165) is 48.3 Å². The van der Waals surface area contributed by atoms with Crippen LogP contribution >= 0.6 is 0 Å². The molecule has 2 aromatic carbocycles. The molecule has 1 aromatic heterocycles. The fraction of sp³-hybridized carbons (Fsp3) is 0.292. The van der Waals surface area contributed by atoms with E-state index in [2.05, 4.69) is 21.3 Å². The first-order valence-electron chi connectivity index (χ1n) is 10.7. The summed E-state index contributed by atoms with van der Waals surface area (Å²) in [6, 6.07) is 19.6. The van der Waals surface area contributed by atoms with Gasteiger partial charge in [-0.3, -0.25) is 9.69 Å². The topological polar surface area (TPSA) is 71.2 Å². The number of piperazine rings is 1. The largest absolute Gasteiger partial charge is 0.329 e. The predicted octanol–water partition coefficient (Wildman–Crippen LogP) is 0.783. The molecular formula is C24H27N5O2+2. The van der Waals surface area contributed by atoms with Crippen LogP contribution in [0.1, 0.15) is 12.5 Å². The quantitative estimate of drug-likeness (QED) is 0.617. The van der Waals surface area contributed by atoms with Crippen molar-refractivity contribution in [3.05, 3.63) is 72.4 Å². The number of pyridine rings is 1. The van der Waals surface area contributed by atoms with Crippen LogP contribution in [0.2, 0.25) is 0 Å². The summed E-state index contributed by atoms with van der Waals surface area (Å²) in [5, 5.41) is 5.02. The highest BCUT2D eigenvalue weighted by molar-refractivity contribution is 6.09.